The predicted octanol–water partition coefficient (Wildman–Crippen LogP) is 4.37. The van der Waals surface area contributed by atoms with Crippen molar-refractivity contribution in [2.45, 2.75) is 52.4 Å². The predicted molar refractivity (Wildman–Crippen MR) is 79.4 cm³/mol. The zero-order chi connectivity index (χ0) is 13.8. The average Bonchev–Trinajstić information content (AvgIpc) is 2.39. The van der Waals surface area contributed by atoms with Crippen molar-refractivity contribution in [1.82, 2.24) is 4.98 Å². The smallest absolute Gasteiger partial charge is 0.0471 e. The molecule has 2 rings (SSSR count). The van der Waals surface area contributed by atoms with Gasteiger partial charge in [0, 0.05) is 31.0 Å². The van der Waals surface area contributed by atoms with Gasteiger partial charge in [0.25, 0.3) is 0 Å². The van der Waals surface area contributed by atoms with E-state index in [1.807, 2.05) is 6.20 Å². The fourth-order valence-electron chi connectivity index (χ4n) is 3.39. The fourth-order valence-corrected chi connectivity index (χ4v) is 3.39. The molecule has 0 atom stereocenters. The Bertz CT molecular complexity index is 386. The van der Waals surface area contributed by atoms with Crippen LogP contribution in [-0.2, 0) is 4.74 Å². The first-order chi connectivity index (χ1) is 9.09. The van der Waals surface area contributed by atoms with E-state index < -0.39 is 0 Å². The number of hydrogen-bond acceptors (Lipinski definition) is 2. The molecule has 0 amide bonds. The Hall–Kier alpha value is -0.890. The van der Waals surface area contributed by atoms with Gasteiger partial charge in [-0.15, -0.1) is 0 Å². The highest BCUT2D eigenvalue weighted by Gasteiger charge is 2.23. The minimum absolute atomic E-state index is 0.555. The maximum atomic E-state index is 5.46. The van der Waals surface area contributed by atoms with Crippen LogP contribution in [0, 0.1) is 11.8 Å². The van der Waals surface area contributed by atoms with Crippen molar-refractivity contribution in [2.75, 3.05) is 13.2 Å². The van der Waals surface area contributed by atoms with E-state index in [0.29, 0.717) is 23.7 Å². The molecule has 0 aromatic carbocycles. The van der Waals surface area contributed by atoms with Crippen LogP contribution in [0.2, 0.25) is 0 Å². The summed E-state index contributed by atoms with van der Waals surface area (Å²) < 4.78 is 5.46. The van der Waals surface area contributed by atoms with Crippen molar-refractivity contribution in [3.63, 3.8) is 0 Å². The second-order valence-electron chi connectivity index (χ2n) is 6.41. The molecule has 1 aromatic heterocycles. The van der Waals surface area contributed by atoms with Gasteiger partial charge in [-0.05, 0) is 48.3 Å². The van der Waals surface area contributed by atoms with Gasteiger partial charge in [0.2, 0.25) is 0 Å². The summed E-state index contributed by atoms with van der Waals surface area (Å²) in [5.74, 6) is 2.49. The van der Waals surface area contributed by atoms with E-state index in [1.54, 1.807) is 0 Å². The standard InChI is InChI=1S/C17H27NO/c1-12(2)17(13(3)4)16-11-15(5-8-18-16)14-6-9-19-10-7-14/h5,8,11-14,17H,6-7,9-10H2,1-4H3. The number of aromatic nitrogens is 1. The third kappa shape index (κ3) is 3.56. The Labute approximate surface area is 117 Å². The Morgan fingerprint density at radius 2 is 1.74 bits per heavy atom. The van der Waals surface area contributed by atoms with Gasteiger partial charge in [-0.2, -0.15) is 0 Å². The topological polar surface area (TPSA) is 22.1 Å². The first-order valence-corrected chi connectivity index (χ1v) is 7.63. The number of hydrogen-bond donors (Lipinski definition) is 0. The van der Waals surface area contributed by atoms with E-state index in [2.05, 4.69) is 44.8 Å². The van der Waals surface area contributed by atoms with Crippen LogP contribution >= 0.6 is 0 Å². The molecule has 1 aromatic rings. The summed E-state index contributed by atoms with van der Waals surface area (Å²) in [6.45, 7) is 11.0. The zero-order valence-electron chi connectivity index (χ0n) is 12.7. The molecule has 0 unspecified atom stereocenters. The highest BCUT2D eigenvalue weighted by Crippen LogP contribution is 2.33. The van der Waals surface area contributed by atoms with Gasteiger partial charge in [0.15, 0.2) is 0 Å². The molecule has 0 saturated carbocycles. The van der Waals surface area contributed by atoms with E-state index in [-0.39, 0.29) is 0 Å². The normalized spacial score (nSPS) is 17.6. The summed E-state index contributed by atoms with van der Waals surface area (Å²) in [5, 5.41) is 0. The van der Waals surface area contributed by atoms with Gasteiger partial charge in [-0.25, -0.2) is 0 Å². The number of ether oxygens (including phenoxy) is 1. The van der Waals surface area contributed by atoms with Crippen molar-refractivity contribution in [2.24, 2.45) is 11.8 Å². The Morgan fingerprint density at radius 3 is 2.32 bits per heavy atom. The monoisotopic (exact) mass is 261 g/mol. The molecule has 2 heteroatoms. The molecule has 19 heavy (non-hydrogen) atoms. The summed E-state index contributed by atoms with van der Waals surface area (Å²) in [4.78, 5) is 4.65. The summed E-state index contributed by atoms with van der Waals surface area (Å²) in [5.41, 5.74) is 2.73. The van der Waals surface area contributed by atoms with Crippen molar-refractivity contribution >= 4 is 0 Å². The van der Waals surface area contributed by atoms with E-state index in [4.69, 9.17) is 4.74 Å². The van der Waals surface area contributed by atoms with Gasteiger partial charge in [0.05, 0.1) is 0 Å². The average molecular weight is 261 g/mol. The molecular formula is C17H27NO. The molecule has 0 N–H and O–H groups in total. The van der Waals surface area contributed by atoms with E-state index in [1.165, 1.54) is 11.3 Å². The Morgan fingerprint density at radius 1 is 1.11 bits per heavy atom. The van der Waals surface area contributed by atoms with Crippen molar-refractivity contribution in [3.05, 3.63) is 29.6 Å². The summed E-state index contributed by atoms with van der Waals surface area (Å²) >= 11 is 0. The van der Waals surface area contributed by atoms with Crippen LogP contribution in [0.15, 0.2) is 18.3 Å². The number of pyridine rings is 1. The van der Waals surface area contributed by atoms with Gasteiger partial charge >= 0.3 is 0 Å². The maximum Gasteiger partial charge on any atom is 0.0471 e. The van der Waals surface area contributed by atoms with Crippen molar-refractivity contribution < 1.29 is 4.74 Å². The van der Waals surface area contributed by atoms with Crippen LogP contribution in [0.1, 0.15) is 63.6 Å². The maximum absolute atomic E-state index is 5.46. The van der Waals surface area contributed by atoms with Crippen LogP contribution in [-0.4, -0.2) is 18.2 Å². The molecule has 106 valence electrons. The summed E-state index contributed by atoms with van der Waals surface area (Å²) in [6, 6.07) is 4.54. The Balaban J connectivity index is 2.22. The largest absolute Gasteiger partial charge is 0.381 e. The van der Waals surface area contributed by atoms with Gasteiger partial charge < -0.3 is 4.74 Å². The molecule has 0 aliphatic carbocycles. The van der Waals surface area contributed by atoms with Gasteiger partial charge in [-0.1, -0.05) is 27.7 Å². The van der Waals surface area contributed by atoms with E-state index in [0.717, 1.165) is 26.1 Å². The molecule has 0 spiro atoms. The second kappa shape index (κ2) is 6.51. The SMILES string of the molecule is CC(C)C(c1cc(C2CCOCC2)ccn1)C(C)C. The fraction of sp³-hybridized carbons (Fsp3) is 0.706. The minimum atomic E-state index is 0.555. The molecule has 0 bridgehead atoms. The van der Waals surface area contributed by atoms with Crippen LogP contribution < -0.4 is 0 Å². The lowest BCUT2D eigenvalue weighted by Gasteiger charge is -2.27. The first kappa shape index (κ1) is 14.5. The first-order valence-electron chi connectivity index (χ1n) is 7.63. The summed E-state index contributed by atoms with van der Waals surface area (Å²) in [7, 11) is 0. The molecular weight excluding hydrogens is 234 g/mol. The third-order valence-electron chi connectivity index (χ3n) is 4.28. The lowest BCUT2D eigenvalue weighted by Crippen LogP contribution is -2.17. The molecule has 1 aliphatic rings. The molecule has 2 nitrogen and oxygen atoms in total. The van der Waals surface area contributed by atoms with Crippen LogP contribution in [0.25, 0.3) is 0 Å². The van der Waals surface area contributed by atoms with Crippen LogP contribution in [0.3, 0.4) is 0 Å². The van der Waals surface area contributed by atoms with Crippen molar-refractivity contribution in [3.8, 4) is 0 Å². The number of nitrogens with zero attached hydrogens (tertiary/aromatic N) is 1. The molecule has 0 radical (unpaired) electrons. The van der Waals surface area contributed by atoms with Gasteiger partial charge in [-0.3, -0.25) is 4.98 Å². The third-order valence-corrected chi connectivity index (χ3v) is 4.28. The zero-order valence-corrected chi connectivity index (χ0v) is 12.7. The minimum Gasteiger partial charge on any atom is -0.381 e. The van der Waals surface area contributed by atoms with Crippen LogP contribution in [0.4, 0.5) is 0 Å². The van der Waals surface area contributed by atoms with Crippen molar-refractivity contribution in [1.29, 1.82) is 0 Å². The van der Waals surface area contributed by atoms with Crippen LogP contribution in [0.5, 0.6) is 0 Å². The Kier molecular flexibility index (Phi) is 4.98. The quantitative estimate of drug-likeness (QED) is 0.803. The molecule has 1 aliphatic heterocycles. The number of rotatable bonds is 4. The molecule has 1 saturated heterocycles. The highest BCUT2D eigenvalue weighted by molar-refractivity contribution is 5.24. The van der Waals surface area contributed by atoms with E-state index in [9.17, 15) is 0 Å². The molecule has 1 fully saturated rings. The lowest BCUT2D eigenvalue weighted by molar-refractivity contribution is 0.0853. The highest BCUT2D eigenvalue weighted by atomic mass is 16.5. The van der Waals surface area contributed by atoms with Gasteiger partial charge in [0.1, 0.15) is 0 Å². The second-order valence-corrected chi connectivity index (χ2v) is 6.41. The summed E-state index contributed by atoms with van der Waals surface area (Å²) in [6.07, 6.45) is 4.30. The van der Waals surface area contributed by atoms with E-state index >= 15 is 0 Å². The molecule has 2 heterocycles. The lowest BCUT2D eigenvalue weighted by atomic mass is 9.81.